The number of aromatic nitrogens is 2. The fourth-order valence-electron chi connectivity index (χ4n) is 2.50. The normalized spacial score (nSPS) is 21.5. The van der Waals surface area contributed by atoms with Crippen molar-refractivity contribution in [2.45, 2.75) is 37.6 Å². The smallest absolute Gasteiger partial charge is 0.246 e. The molecule has 0 radical (unpaired) electrons. The molecular formula is C13H24N4O2S. The van der Waals surface area contributed by atoms with E-state index < -0.39 is 10.0 Å². The molecule has 1 N–H and O–H groups in total. The van der Waals surface area contributed by atoms with Crippen LogP contribution >= 0.6 is 0 Å². The molecule has 1 fully saturated rings. The van der Waals surface area contributed by atoms with Crippen LogP contribution in [0.15, 0.2) is 17.3 Å². The molecule has 0 saturated carbocycles. The molecule has 1 atom stereocenters. The van der Waals surface area contributed by atoms with E-state index in [1.807, 2.05) is 0 Å². The van der Waals surface area contributed by atoms with Crippen LogP contribution in [0.3, 0.4) is 0 Å². The monoisotopic (exact) mass is 300 g/mol. The Kier molecular flexibility index (Phi) is 4.82. The van der Waals surface area contributed by atoms with Crippen LogP contribution in [0, 0.1) is 5.92 Å². The number of nitrogens with one attached hydrogen (secondary N) is 1. The van der Waals surface area contributed by atoms with E-state index >= 15 is 0 Å². The minimum Gasteiger partial charge on any atom is -0.314 e. The highest BCUT2D eigenvalue weighted by Crippen LogP contribution is 2.23. The van der Waals surface area contributed by atoms with Gasteiger partial charge in [0, 0.05) is 32.4 Å². The van der Waals surface area contributed by atoms with E-state index in [0.29, 0.717) is 25.0 Å². The van der Waals surface area contributed by atoms with E-state index in [0.717, 1.165) is 19.4 Å². The SMILES string of the molecule is CC(C)NCC1CCCN(S(=O)(=O)c2cnn(C)c2)C1. The highest BCUT2D eigenvalue weighted by molar-refractivity contribution is 7.89. The summed E-state index contributed by atoms with van der Waals surface area (Å²) < 4.78 is 28.2. The molecule has 6 nitrogen and oxygen atoms in total. The fourth-order valence-corrected chi connectivity index (χ4v) is 4.04. The molecule has 0 aromatic carbocycles. The molecular weight excluding hydrogens is 276 g/mol. The Balaban J connectivity index is 2.04. The summed E-state index contributed by atoms with van der Waals surface area (Å²) >= 11 is 0. The first-order valence-corrected chi connectivity index (χ1v) is 8.56. The highest BCUT2D eigenvalue weighted by Gasteiger charge is 2.30. The molecule has 20 heavy (non-hydrogen) atoms. The van der Waals surface area contributed by atoms with Crippen molar-refractivity contribution in [1.82, 2.24) is 19.4 Å². The first kappa shape index (κ1) is 15.5. The third-order valence-corrected chi connectivity index (χ3v) is 5.43. The van der Waals surface area contributed by atoms with E-state index in [9.17, 15) is 8.42 Å². The zero-order valence-corrected chi connectivity index (χ0v) is 13.2. The summed E-state index contributed by atoms with van der Waals surface area (Å²) in [5.41, 5.74) is 0. The van der Waals surface area contributed by atoms with Gasteiger partial charge >= 0.3 is 0 Å². The van der Waals surface area contributed by atoms with Crippen LogP contribution in [0.4, 0.5) is 0 Å². The first-order chi connectivity index (χ1) is 9.39. The molecule has 2 rings (SSSR count). The van der Waals surface area contributed by atoms with Gasteiger partial charge < -0.3 is 5.32 Å². The van der Waals surface area contributed by atoms with Gasteiger partial charge in [0.2, 0.25) is 10.0 Å². The molecule has 0 amide bonds. The number of piperidine rings is 1. The summed E-state index contributed by atoms with van der Waals surface area (Å²) in [6.07, 6.45) is 4.99. The lowest BCUT2D eigenvalue weighted by Gasteiger charge is -2.32. The minimum absolute atomic E-state index is 0.289. The Morgan fingerprint density at radius 2 is 2.25 bits per heavy atom. The molecule has 0 bridgehead atoms. The van der Waals surface area contributed by atoms with Gasteiger partial charge in [-0.3, -0.25) is 4.68 Å². The molecule has 2 heterocycles. The van der Waals surface area contributed by atoms with Crippen molar-refractivity contribution >= 4 is 10.0 Å². The number of rotatable bonds is 5. The van der Waals surface area contributed by atoms with E-state index in [-0.39, 0.29) is 4.90 Å². The molecule has 0 spiro atoms. The van der Waals surface area contributed by atoms with Crippen molar-refractivity contribution < 1.29 is 8.42 Å². The maximum atomic E-state index is 12.5. The lowest BCUT2D eigenvalue weighted by molar-refractivity contribution is 0.256. The van der Waals surface area contributed by atoms with E-state index in [4.69, 9.17) is 0 Å². The standard InChI is InChI=1S/C13H24N4O2S/c1-11(2)14-7-12-5-4-6-17(9-12)20(18,19)13-8-15-16(3)10-13/h8,10-12,14H,4-7,9H2,1-3H3. The van der Waals surface area contributed by atoms with Crippen LogP contribution in [-0.2, 0) is 17.1 Å². The number of hydrogen-bond donors (Lipinski definition) is 1. The lowest BCUT2D eigenvalue weighted by Crippen LogP contribution is -2.43. The van der Waals surface area contributed by atoms with Gasteiger partial charge in [-0.05, 0) is 25.3 Å². The van der Waals surface area contributed by atoms with Crippen LogP contribution in [0.2, 0.25) is 0 Å². The van der Waals surface area contributed by atoms with Crippen molar-refractivity contribution in [3.63, 3.8) is 0 Å². The second-order valence-corrected chi connectivity index (χ2v) is 7.72. The molecule has 1 saturated heterocycles. The van der Waals surface area contributed by atoms with Gasteiger partial charge in [0.1, 0.15) is 4.90 Å². The average Bonchev–Trinajstić information content (AvgIpc) is 2.84. The second kappa shape index (κ2) is 6.24. The van der Waals surface area contributed by atoms with Gasteiger partial charge in [-0.1, -0.05) is 13.8 Å². The van der Waals surface area contributed by atoms with Gasteiger partial charge in [-0.15, -0.1) is 0 Å². The first-order valence-electron chi connectivity index (χ1n) is 7.12. The van der Waals surface area contributed by atoms with Crippen LogP contribution in [0.1, 0.15) is 26.7 Å². The van der Waals surface area contributed by atoms with Gasteiger partial charge in [-0.25, -0.2) is 8.42 Å². The summed E-state index contributed by atoms with van der Waals surface area (Å²) in [6, 6.07) is 0.431. The number of hydrogen-bond acceptors (Lipinski definition) is 4. The summed E-state index contributed by atoms with van der Waals surface area (Å²) in [7, 11) is -1.66. The minimum atomic E-state index is -3.39. The van der Waals surface area contributed by atoms with Crippen molar-refractivity contribution in [2.24, 2.45) is 13.0 Å². The van der Waals surface area contributed by atoms with Crippen molar-refractivity contribution in [2.75, 3.05) is 19.6 Å². The maximum Gasteiger partial charge on any atom is 0.246 e. The zero-order valence-electron chi connectivity index (χ0n) is 12.4. The highest BCUT2D eigenvalue weighted by atomic mass is 32.2. The Labute approximate surface area is 121 Å². The van der Waals surface area contributed by atoms with Crippen molar-refractivity contribution in [3.05, 3.63) is 12.4 Å². The third kappa shape index (κ3) is 3.59. The second-order valence-electron chi connectivity index (χ2n) is 5.78. The van der Waals surface area contributed by atoms with Crippen LogP contribution < -0.4 is 5.32 Å². The number of nitrogens with zero attached hydrogens (tertiary/aromatic N) is 3. The average molecular weight is 300 g/mol. The van der Waals surface area contributed by atoms with Crippen LogP contribution in [-0.4, -0.2) is 48.2 Å². The van der Waals surface area contributed by atoms with Gasteiger partial charge in [-0.2, -0.15) is 9.40 Å². The number of aryl methyl sites for hydroxylation is 1. The van der Waals surface area contributed by atoms with Crippen LogP contribution in [0.5, 0.6) is 0 Å². The van der Waals surface area contributed by atoms with E-state index in [2.05, 4.69) is 24.3 Å². The topological polar surface area (TPSA) is 67.2 Å². The molecule has 114 valence electrons. The predicted molar refractivity (Wildman–Crippen MR) is 77.8 cm³/mol. The Morgan fingerprint density at radius 1 is 1.50 bits per heavy atom. The largest absolute Gasteiger partial charge is 0.314 e. The molecule has 7 heteroatoms. The Morgan fingerprint density at radius 3 is 2.85 bits per heavy atom. The summed E-state index contributed by atoms with van der Waals surface area (Å²) in [5, 5.41) is 7.35. The van der Waals surface area contributed by atoms with Gasteiger partial charge in [0.15, 0.2) is 0 Å². The van der Waals surface area contributed by atoms with Crippen LogP contribution in [0.25, 0.3) is 0 Å². The zero-order chi connectivity index (χ0) is 14.8. The lowest BCUT2D eigenvalue weighted by atomic mass is 9.99. The third-order valence-electron chi connectivity index (χ3n) is 3.62. The molecule has 1 aliphatic heterocycles. The van der Waals surface area contributed by atoms with Crippen molar-refractivity contribution in [3.8, 4) is 0 Å². The quantitative estimate of drug-likeness (QED) is 0.874. The summed E-state index contributed by atoms with van der Waals surface area (Å²) in [6.45, 7) is 6.28. The maximum absolute atomic E-state index is 12.5. The molecule has 1 aromatic rings. The Bertz CT molecular complexity index is 538. The van der Waals surface area contributed by atoms with Gasteiger partial charge in [0.25, 0.3) is 0 Å². The Hall–Kier alpha value is -0.920. The fraction of sp³-hybridized carbons (Fsp3) is 0.769. The molecule has 1 unspecified atom stereocenters. The summed E-state index contributed by atoms with van der Waals surface area (Å²) in [4.78, 5) is 0.289. The molecule has 0 aliphatic carbocycles. The summed E-state index contributed by atoms with van der Waals surface area (Å²) in [5.74, 6) is 0.387. The molecule has 1 aliphatic rings. The molecule has 1 aromatic heterocycles. The van der Waals surface area contributed by atoms with Crippen molar-refractivity contribution in [1.29, 1.82) is 0 Å². The van der Waals surface area contributed by atoms with E-state index in [1.165, 1.54) is 10.9 Å². The van der Waals surface area contributed by atoms with E-state index in [1.54, 1.807) is 17.5 Å². The number of sulfonamides is 1. The predicted octanol–water partition coefficient (Wildman–Crippen LogP) is 0.819. The van der Waals surface area contributed by atoms with Gasteiger partial charge in [0.05, 0.1) is 6.20 Å².